The number of benzene rings is 1. The molecule has 3 aliphatic rings. The van der Waals surface area contributed by atoms with Gasteiger partial charge in [-0.3, -0.25) is 4.90 Å². The molecule has 5 rings (SSSR count). The number of alkyl halides is 1. The number of amides is 2. The number of fused-ring (bicyclic) bond motifs is 1. The molecule has 0 radical (unpaired) electrons. The number of anilines is 2. The molecule has 7 nitrogen and oxygen atoms in total. The number of hydrogen-bond donors (Lipinski definition) is 0. The Morgan fingerprint density at radius 2 is 2.07 bits per heavy atom. The third-order valence-electron chi connectivity index (χ3n) is 5.62. The monoisotopic (exact) mass is 387 g/mol. The van der Waals surface area contributed by atoms with Crippen LogP contribution in [0.1, 0.15) is 0 Å². The van der Waals surface area contributed by atoms with Crippen molar-refractivity contribution in [1.29, 1.82) is 0 Å². The Bertz CT molecular complexity index is 898. The van der Waals surface area contributed by atoms with Crippen LogP contribution in [0.25, 0.3) is 0 Å². The highest BCUT2D eigenvalue weighted by Gasteiger charge is 2.55. The second kappa shape index (κ2) is 6.29. The lowest BCUT2D eigenvalue weighted by atomic mass is 9.73. The number of carbonyl (C=O) groups is 1. The van der Waals surface area contributed by atoms with Gasteiger partial charge in [0.2, 0.25) is 0 Å². The van der Waals surface area contributed by atoms with Gasteiger partial charge in [-0.2, -0.15) is 5.10 Å². The largest absolute Gasteiger partial charge is 0.489 e. The zero-order valence-electron chi connectivity index (χ0n) is 15.1. The summed E-state index contributed by atoms with van der Waals surface area (Å²) in [6, 6.07) is 6.75. The maximum Gasteiger partial charge on any atom is 0.325 e. The van der Waals surface area contributed by atoms with Crippen molar-refractivity contribution in [3.8, 4) is 5.75 Å². The summed E-state index contributed by atoms with van der Waals surface area (Å²) in [6.07, 6.45) is 1.64. The van der Waals surface area contributed by atoms with E-state index in [1.807, 2.05) is 12.1 Å². The fourth-order valence-corrected chi connectivity index (χ4v) is 4.27. The first kappa shape index (κ1) is 17.2. The van der Waals surface area contributed by atoms with Gasteiger partial charge >= 0.3 is 6.03 Å². The van der Waals surface area contributed by atoms with E-state index in [9.17, 15) is 13.6 Å². The van der Waals surface area contributed by atoms with Gasteiger partial charge in [0, 0.05) is 43.9 Å². The number of aromatic nitrogens is 2. The van der Waals surface area contributed by atoms with Crippen LogP contribution in [0.3, 0.4) is 0 Å². The summed E-state index contributed by atoms with van der Waals surface area (Å²) in [4.78, 5) is 18.3. The molecule has 0 aliphatic carbocycles. The molecule has 2 fully saturated rings. The normalized spacial score (nSPS) is 22.2. The first-order valence-corrected chi connectivity index (χ1v) is 9.18. The maximum absolute atomic E-state index is 13.5. The molecular weight excluding hydrogens is 368 g/mol. The van der Waals surface area contributed by atoms with Gasteiger partial charge in [0.25, 0.3) is 0 Å². The van der Waals surface area contributed by atoms with Gasteiger partial charge < -0.3 is 14.5 Å². The molecule has 9 heteroatoms. The number of hydrogen-bond acceptors (Lipinski definition) is 5. The number of ether oxygens (including phenoxy) is 1. The first-order chi connectivity index (χ1) is 13.6. The third-order valence-corrected chi connectivity index (χ3v) is 5.62. The van der Waals surface area contributed by atoms with Gasteiger partial charge in [0.05, 0.1) is 5.69 Å². The van der Waals surface area contributed by atoms with Gasteiger partial charge in [-0.05, 0) is 24.3 Å². The van der Waals surface area contributed by atoms with Gasteiger partial charge in [-0.15, -0.1) is 5.10 Å². The molecule has 0 N–H and O–H groups in total. The molecule has 2 amide bonds. The van der Waals surface area contributed by atoms with Crippen LogP contribution in [-0.4, -0.2) is 66.6 Å². The molecule has 1 aromatic heterocycles. The van der Waals surface area contributed by atoms with Gasteiger partial charge in [-0.1, -0.05) is 0 Å². The Morgan fingerprint density at radius 3 is 2.79 bits per heavy atom. The van der Waals surface area contributed by atoms with E-state index < -0.39 is 18.5 Å². The Hall–Kier alpha value is -2.97. The third kappa shape index (κ3) is 2.64. The molecule has 2 aromatic rings. The average Bonchev–Trinajstić information content (AvgIpc) is 2.65. The molecular formula is C19H19F2N5O2. The average molecular weight is 387 g/mol. The maximum atomic E-state index is 13.5. The molecule has 28 heavy (non-hydrogen) atoms. The fourth-order valence-electron chi connectivity index (χ4n) is 4.27. The number of rotatable bonds is 2. The summed E-state index contributed by atoms with van der Waals surface area (Å²) in [6.45, 7) is 2.13. The van der Waals surface area contributed by atoms with Gasteiger partial charge in [0.1, 0.15) is 30.9 Å². The van der Waals surface area contributed by atoms with Crippen molar-refractivity contribution in [2.24, 2.45) is 5.41 Å². The highest BCUT2D eigenvalue weighted by atomic mass is 19.1. The summed E-state index contributed by atoms with van der Waals surface area (Å²) in [7, 11) is 0. The van der Waals surface area contributed by atoms with E-state index in [1.54, 1.807) is 11.1 Å². The van der Waals surface area contributed by atoms with Crippen molar-refractivity contribution < 1.29 is 18.3 Å². The molecule has 4 heterocycles. The van der Waals surface area contributed by atoms with E-state index in [4.69, 9.17) is 4.74 Å². The zero-order valence-corrected chi connectivity index (χ0v) is 15.1. The molecule has 2 saturated heterocycles. The summed E-state index contributed by atoms with van der Waals surface area (Å²) in [5.74, 6) is 0.650. The summed E-state index contributed by atoms with van der Waals surface area (Å²) in [5.41, 5.74) is 0.465. The number of likely N-dealkylation sites (tertiary alicyclic amines) is 1. The predicted molar refractivity (Wildman–Crippen MR) is 97.8 cm³/mol. The lowest BCUT2D eigenvalue weighted by Gasteiger charge is -2.61. The molecule has 1 atom stereocenters. The molecule has 3 aliphatic heterocycles. The minimum absolute atomic E-state index is 0.0120. The van der Waals surface area contributed by atoms with Crippen LogP contribution in [0.5, 0.6) is 5.75 Å². The number of carbonyl (C=O) groups excluding carboxylic acids is 1. The van der Waals surface area contributed by atoms with Crippen molar-refractivity contribution in [3.63, 3.8) is 0 Å². The lowest BCUT2D eigenvalue weighted by molar-refractivity contribution is 0.00812. The standard InChI is InChI=1S/C19H19F2N5O2/c20-7-14-8-28-16-6-13(21)3-4-15(16)26(14)18(27)25-11-19(12-25)9-24(10-19)17-2-1-5-22-23-17/h1-6,14H,7-12H2. The second-order valence-electron chi connectivity index (χ2n) is 7.68. The van der Waals surface area contributed by atoms with Crippen LogP contribution >= 0.6 is 0 Å². The Kier molecular flexibility index (Phi) is 3.85. The van der Waals surface area contributed by atoms with Crippen LogP contribution in [0, 0.1) is 11.2 Å². The van der Waals surface area contributed by atoms with Crippen molar-refractivity contribution in [3.05, 3.63) is 42.3 Å². The first-order valence-electron chi connectivity index (χ1n) is 9.18. The zero-order chi connectivity index (χ0) is 19.3. The summed E-state index contributed by atoms with van der Waals surface area (Å²) < 4.78 is 32.5. The summed E-state index contributed by atoms with van der Waals surface area (Å²) in [5, 5.41) is 8.00. The quantitative estimate of drug-likeness (QED) is 0.790. The van der Waals surface area contributed by atoms with Crippen LogP contribution < -0.4 is 14.5 Å². The SMILES string of the molecule is O=C(N1CC2(C1)CN(c1cccnn1)C2)N1c2ccc(F)cc2OCC1CF. The Labute approximate surface area is 160 Å². The van der Waals surface area contributed by atoms with Crippen LogP contribution in [0.4, 0.5) is 25.1 Å². The van der Waals surface area contributed by atoms with Crippen molar-refractivity contribution in [1.82, 2.24) is 15.1 Å². The number of urea groups is 1. The van der Waals surface area contributed by atoms with E-state index in [0.717, 1.165) is 18.9 Å². The Balaban J connectivity index is 1.28. The van der Waals surface area contributed by atoms with Crippen LogP contribution in [0.15, 0.2) is 36.5 Å². The van der Waals surface area contributed by atoms with Crippen molar-refractivity contribution >= 4 is 17.5 Å². The highest BCUT2D eigenvalue weighted by molar-refractivity contribution is 5.95. The van der Waals surface area contributed by atoms with E-state index in [-0.39, 0.29) is 23.8 Å². The topological polar surface area (TPSA) is 61.8 Å². The number of halogens is 2. The summed E-state index contributed by atoms with van der Waals surface area (Å²) >= 11 is 0. The molecule has 0 saturated carbocycles. The fraction of sp³-hybridized carbons (Fsp3) is 0.421. The van der Waals surface area contributed by atoms with Crippen LogP contribution in [0.2, 0.25) is 0 Å². The number of nitrogens with zero attached hydrogens (tertiary/aromatic N) is 5. The molecule has 1 aromatic carbocycles. The van der Waals surface area contributed by atoms with Crippen molar-refractivity contribution in [2.75, 3.05) is 49.3 Å². The molecule has 146 valence electrons. The van der Waals surface area contributed by atoms with E-state index in [2.05, 4.69) is 15.1 Å². The molecule has 1 spiro atoms. The van der Waals surface area contributed by atoms with E-state index in [1.165, 1.54) is 23.1 Å². The minimum atomic E-state index is -0.720. The van der Waals surface area contributed by atoms with Gasteiger partial charge in [-0.25, -0.2) is 13.6 Å². The Morgan fingerprint density at radius 1 is 1.25 bits per heavy atom. The van der Waals surface area contributed by atoms with E-state index >= 15 is 0 Å². The van der Waals surface area contributed by atoms with Gasteiger partial charge in [0.15, 0.2) is 5.82 Å². The van der Waals surface area contributed by atoms with Crippen molar-refractivity contribution in [2.45, 2.75) is 6.04 Å². The van der Waals surface area contributed by atoms with Crippen LogP contribution in [-0.2, 0) is 0 Å². The van der Waals surface area contributed by atoms with E-state index in [0.29, 0.717) is 18.8 Å². The highest BCUT2D eigenvalue weighted by Crippen LogP contribution is 2.43. The second-order valence-corrected chi connectivity index (χ2v) is 7.68. The minimum Gasteiger partial charge on any atom is -0.489 e. The molecule has 1 unspecified atom stereocenters. The molecule has 0 bridgehead atoms. The predicted octanol–water partition coefficient (Wildman–Crippen LogP) is 2.09. The lowest BCUT2D eigenvalue weighted by Crippen LogP contribution is -2.74. The smallest absolute Gasteiger partial charge is 0.325 e.